The lowest BCUT2D eigenvalue weighted by molar-refractivity contribution is 0.0135. The number of alkyl halides is 1. The molecule has 0 heterocycles. The van der Waals surface area contributed by atoms with E-state index in [1.165, 1.54) is 4.90 Å². The summed E-state index contributed by atoms with van der Waals surface area (Å²) in [6, 6.07) is -0.0964. The van der Waals surface area contributed by atoms with Crippen molar-refractivity contribution in [2.75, 3.05) is 13.1 Å². The Morgan fingerprint density at radius 2 is 1.94 bits per heavy atom. The van der Waals surface area contributed by atoms with E-state index in [4.69, 9.17) is 10.5 Å². The number of hydrogen-bond donors (Lipinski definition) is 1. The average molecular weight is 248 g/mol. The van der Waals surface area contributed by atoms with Crippen LogP contribution in [0.25, 0.3) is 0 Å². The molecule has 1 unspecified atom stereocenters. The van der Waals surface area contributed by atoms with Gasteiger partial charge in [-0.3, -0.25) is 0 Å². The van der Waals surface area contributed by atoms with E-state index < -0.39 is 17.9 Å². The Kier molecular flexibility index (Phi) is 6.45. The second kappa shape index (κ2) is 6.79. The van der Waals surface area contributed by atoms with Crippen molar-refractivity contribution < 1.29 is 13.9 Å². The summed E-state index contributed by atoms with van der Waals surface area (Å²) in [5.41, 5.74) is 4.72. The van der Waals surface area contributed by atoms with Gasteiger partial charge < -0.3 is 15.4 Å². The number of rotatable bonds is 5. The molecule has 5 heteroatoms. The molecule has 0 aliphatic rings. The van der Waals surface area contributed by atoms with Crippen LogP contribution in [0.4, 0.5) is 9.18 Å². The molecule has 2 N–H and O–H groups in total. The molecule has 0 aromatic carbocycles. The monoisotopic (exact) mass is 248 g/mol. The summed E-state index contributed by atoms with van der Waals surface area (Å²) in [6.07, 6.45) is -1.33. The van der Waals surface area contributed by atoms with E-state index >= 15 is 0 Å². The normalized spacial score (nSPS) is 13.6. The number of ether oxygens (including phenoxy) is 1. The fourth-order valence-electron chi connectivity index (χ4n) is 1.30. The Morgan fingerprint density at radius 3 is 2.29 bits per heavy atom. The third-order valence-corrected chi connectivity index (χ3v) is 2.13. The number of nitrogens with zero attached hydrogens (tertiary/aromatic N) is 1. The molecule has 0 radical (unpaired) electrons. The van der Waals surface area contributed by atoms with E-state index in [0.29, 0.717) is 0 Å². The van der Waals surface area contributed by atoms with Crippen molar-refractivity contribution in [3.63, 3.8) is 0 Å². The van der Waals surface area contributed by atoms with Crippen LogP contribution in [0, 0.1) is 0 Å². The molecule has 1 atom stereocenters. The van der Waals surface area contributed by atoms with Crippen molar-refractivity contribution >= 4 is 6.09 Å². The average Bonchev–Trinajstić information content (AvgIpc) is 2.11. The van der Waals surface area contributed by atoms with Gasteiger partial charge in [0.25, 0.3) is 0 Å². The molecule has 0 aliphatic carbocycles. The highest BCUT2D eigenvalue weighted by atomic mass is 19.1. The number of amides is 1. The minimum atomic E-state index is -1.10. The largest absolute Gasteiger partial charge is 0.444 e. The molecule has 0 bridgehead atoms. The van der Waals surface area contributed by atoms with Gasteiger partial charge in [0.1, 0.15) is 11.8 Å². The van der Waals surface area contributed by atoms with Crippen molar-refractivity contribution in [2.45, 2.75) is 58.9 Å². The highest BCUT2D eigenvalue weighted by molar-refractivity contribution is 5.68. The first-order valence-electron chi connectivity index (χ1n) is 6.01. The standard InChI is InChI=1S/C12H25FN2O2/c1-9(2)15(8-10(13)6-7-14)11(16)17-12(3,4)5/h9-10H,6-8,14H2,1-5H3. The van der Waals surface area contributed by atoms with Crippen LogP contribution >= 0.6 is 0 Å². The van der Waals surface area contributed by atoms with E-state index in [1.807, 2.05) is 13.8 Å². The molecule has 0 aliphatic heterocycles. The van der Waals surface area contributed by atoms with Crippen LogP contribution in [0.15, 0.2) is 0 Å². The third kappa shape index (κ3) is 7.15. The van der Waals surface area contributed by atoms with E-state index in [2.05, 4.69) is 0 Å². The molecule has 1 amide bonds. The minimum absolute atomic E-state index is 0.0315. The second-order valence-electron chi connectivity index (χ2n) is 5.40. The quantitative estimate of drug-likeness (QED) is 0.812. The molecular formula is C12H25FN2O2. The highest BCUT2D eigenvalue weighted by Crippen LogP contribution is 2.13. The van der Waals surface area contributed by atoms with Crippen LogP contribution < -0.4 is 5.73 Å². The number of carbonyl (C=O) groups is 1. The first-order chi connectivity index (χ1) is 7.67. The highest BCUT2D eigenvalue weighted by Gasteiger charge is 2.26. The summed E-state index contributed by atoms with van der Waals surface area (Å²) < 4.78 is 18.7. The first kappa shape index (κ1) is 16.2. The van der Waals surface area contributed by atoms with Crippen molar-refractivity contribution in [3.8, 4) is 0 Å². The Hall–Kier alpha value is -0.840. The number of halogens is 1. The van der Waals surface area contributed by atoms with E-state index in [0.717, 1.165) is 0 Å². The Morgan fingerprint density at radius 1 is 1.41 bits per heavy atom. The molecule has 0 aromatic rings. The Bertz CT molecular complexity index is 239. The summed E-state index contributed by atoms with van der Waals surface area (Å²) in [6.45, 7) is 9.34. The molecule has 0 aromatic heterocycles. The molecule has 17 heavy (non-hydrogen) atoms. The van der Waals surface area contributed by atoms with Gasteiger partial charge in [-0.05, 0) is 47.6 Å². The lowest BCUT2D eigenvalue weighted by Gasteiger charge is -2.31. The molecule has 102 valence electrons. The van der Waals surface area contributed by atoms with Gasteiger partial charge in [0.05, 0.1) is 6.54 Å². The van der Waals surface area contributed by atoms with Crippen molar-refractivity contribution in [1.82, 2.24) is 4.90 Å². The van der Waals surface area contributed by atoms with Crippen molar-refractivity contribution in [2.24, 2.45) is 5.73 Å². The zero-order valence-corrected chi connectivity index (χ0v) is 11.5. The zero-order valence-electron chi connectivity index (χ0n) is 11.5. The number of nitrogens with two attached hydrogens (primary N) is 1. The maximum Gasteiger partial charge on any atom is 0.410 e. The molecule has 0 saturated heterocycles. The summed E-state index contributed by atoms with van der Waals surface area (Å²) >= 11 is 0. The van der Waals surface area contributed by atoms with Gasteiger partial charge in [-0.1, -0.05) is 0 Å². The first-order valence-corrected chi connectivity index (χ1v) is 6.01. The predicted molar refractivity (Wildman–Crippen MR) is 66.6 cm³/mol. The lowest BCUT2D eigenvalue weighted by Crippen LogP contribution is -2.44. The van der Waals surface area contributed by atoms with Gasteiger partial charge in [0, 0.05) is 6.04 Å². The molecule has 4 nitrogen and oxygen atoms in total. The number of hydrogen-bond acceptors (Lipinski definition) is 3. The Balaban J connectivity index is 4.47. The van der Waals surface area contributed by atoms with E-state index in [-0.39, 0.29) is 25.6 Å². The summed E-state index contributed by atoms with van der Waals surface area (Å²) in [7, 11) is 0. The minimum Gasteiger partial charge on any atom is -0.444 e. The molecule has 0 spiro atoms. The van der Waals surface area contributed by atoms with Gasteiger partial charge in [0.15, 0.2) is 0 Å². The number of carbonyl (C=O) groups excluding carboxylic acids is 1. The molecule has 0 fully saturated rings. The zero-order chi connectivity index (χ0) is 13.6. The molecular weight excluding hydrogens is 223 g/mol. The second-order valence-corrected chi connectivity index (χ2v) is 5.40. The summed E-state index contributed by atoms with van der Waals surface area (Å²) in [5, 5.41) is 0. The van der Waals surface area contributed by atoms with Crippen molar-refractivity contribution in [3.05, 3.63) is 0 Å². The maximum absolute atomic E-state index is 13.5. The SMILES string of the molecule is CC(C)N(CC(F)CCN)C(=O)OC(C)(C)C. The molecule has 0 saturated carbocycles. The maximum atomic E-state index is 13.5. The van der Waals surface area contributed by atoms with Gasteiger partial charge >= 0.3 is 6.09 Å². The van der Waals surface area contributed by atoms with Gasteiger partial charge in [0.2, 0.25) is 0 Å². The van der Waals surface area contributed by atoms with Gasteiger partial charge in [-0.2, -0.15) is 0 Å². The van der Waals surface area contributed by atoms with Gasteiger partial charge in [-0.15, -0.1) is 0 Å². The van der Waals surface area contributed by atoms with Crippen LogP contribution in [0.2, 0.25) is 0 Å². The van der Waals surface area contributed by atoms with E-state index in [9.17, 15) is 9.18 Å². The van der Waals surface area contributed by atoms with Crippen LogP contribution in [-0.2, 0) is 4.74 Å². The smallest absolute Gasteiger partial charge is 0.410 e. The predicted octanol–water partition coefficient (Wildman–Crippen LogP) is 2.32. The van der Waals surface area contributed by atoms with Gasteiger partial charge in [-0.25, -0.2) is 9.18 Å². The molecule has 0 rings (SSSR count). The Labute approximate surface area is 103 Å². The summed E-state index contributed by atoms with van der Waals surface area (Å²) in [5.74, 6) is 0. The van der Waals surface area contributed by atoms with E-state index in [1.54, 1.807) is 20.8 Å². The van der Waals surface area contributed by atoms with Crippen LogP contribution in [0.3, 0.4) is 0 Å². The fourth-order valence-corrected chi connectivity index (χ4v) is 1.30. The van der Waals surface area contributed by atoms with Crippen LogP contribution in [-0.4, -0.2) is 41.9 Å². The van der Waals surface area contributed by atoms with Crippen LogP contribution in [0.1, 0.15) is 41.0 Å². The lowest BCUT2D eigenvalue weighted by atomic mass is 10.2. The third-order valence-electron chi connectivity index (χ3n) is 2.13. The fraction of sp³-hybridized carbons (Fsp3) is 0.917. The van der Waals surface area contributed by atoms with Crippen LogP contribution in [0.5, 0.6) is 0 Å². The summed E-state index contributed by atoms with van der Waals surface area (Å²) in [4.78, 5) is 13.2. The van der Waals surface area contributed by atoms with Crippen molar-refractivity contribution in [1.29, 1.82) is 0 Å². The topological polar surface area (TPSA) is 55.6 Å².